The lowest BCUT2D eigenvalue weighted by Crippen LogP contribution is -2.38. The molecule has 2 heteroatoms. The van der Waals surface area contributed by atoms with Gasteiger partial charge in [-0.05, 0) is 45.2 Å². The molecule has 0 heterocycles. The average Bonchev–Trinajstić information content (AvgIpc) is 2.29. The summed E-state index contributed by atoms with van der Waals surface area (Å²) >= 11 is 0. The van der Waals surface area contributed by atoms with E-state index in [1.54, 1.807) is 0 Å². The van der Waals surface area contributed by atoms with Crippen molar-refractivity contribution in [3.05, 3.63) is 35.4 Å². The molecule has 0 saturated heterocycles. The largest absolute Gasteiger partial charge is 0.328 e. The van der Waals surface area contributed by atoms with Crippen LogP contribution in [0.2, 0.25) is 0 Å². The zero-order chi connectivity index (χ0) is 12.3. The molecule has 1 saturated carbocycles. The number of rotatable bonds is 3. The van der Waals surface area contributed by atoms with Crippen LogP contribution in [0.15, 0.2) is 24.3 Å². The predicted octanol–water partition coefficient (Wildman–Crippen LogP) is 2.70. The molecule has 0 bridgehead atoms. The Hall–Kier alpha value is -0.860. The smallest absolute Gasteiger partial charge is 0.0233 e. The summed E-state index contributed by atoms with van der Waals surface area (Å²) in [5.41, 5.74) is 8.72. The van der Waals surface area contributed by atoms with Gasteiger partial charge in [0.15, 0.2) is 0 Å². The molecule has 1 aliphatic rings. The maximum atomic E-state index is 5.95. The second-order valence-corrected chi connectivity index (χ2v) is 5.47. The highest BCUT2D eigenvalue weighted by molar-refractivity contribution is 5.22. The number of hydrogen-bond acceptors (Lipinski definition) is 2. The van der Waals surface area contributed by atoms with Crippen molar-refractivity contribution >= 4 is 0 Å². The molecule has 2 N–H and O–H groups in total. The lowest BCUT2D eigenvalue weighted by molar-refractivity contribution is 0.176. The van der Waals surface area contributed by atoms with Gasteiger partial charge >= 0.3 is 0 Å². The minimum atomic E-state index is 0.443. The summed E-state index contributed by atoms with van der Waals surface area (Å²) < 4.78 is 0. The van der Waals surface area contributed by atoms with E-state index in [0.29, 0.717) is 6.04 Å². The normalized spacial score (nSPS) is 25.2. The topological polar surface area (TPSA) is 29.3 Å². The summed E-state index contributed by atoms with van der Waals surface area (Å²) in [6.07, 6.45) is 4.87. The van der Waals surface area contributed by atoms with E-state index in [2.05, 4.69) is 43.1 Å². The Morgan fingerprint density at radius 1 is 1.24 bits per heavy atom. The summed E-state index contributed by atoms with van der Waals surface area (Å²) in [5.74, 6) is 0. The maximum Gasteiger partial charge on any atom is 0.0233 e. The third-order valence-corrected chi connectivity index (χ3v) is 3.88. The highest BCUT2D eigenvalue weighted by atomic mass is 15.1. The van der Waals surface area contributed by atoms with Crippen LogP contribution in [0.25, 0.3) is 0 Å². The van der Waals surface area contributed by atoms with Crippen LogP contribution in [0.3, 0.4) is 0 Å². The van der Waals surface area contributed by atoms with Crippen LogP contribution in [-0.2, 0) is 6.54 Å². The van der Waals surface area contributed by atoms with Crippen molar-refractivity contribution in [2.75, 3.05) is 7.05 Å². The molecule has 2 nitrogen and oxygen atoms in total. The lowest BCUT2D eigenvalue weighted by Gasteiger charge is -2.33. The van der Waals surface area contributed by atoms with Crippen molar-refractivity contribution in [2.45, 2.75) is 51.2 Å². The van der Waals surface area contributed by atoms with E-state index in [9.17, 15) is 0 Å². The van der Waals surface area contributed by atoms with Crippen LogP contribution in [0.5, 0.6) is 0 Å². The van der Waals surface area contributed by atoms with Crippen LogP contribution >= 0.6 is 0 Å². The summed E-state index contributed by atoms with van der Waals surface area (Å²) in [7, 11) is 2.24. The van der Waals surface area contributed by atoms with Crippen molar-refractivity contribution in [1.29, 1.82) is 0 Å². The van der Waals surface area contributed by atoms with E-state index >= 15 is 0 Å². The minimum absolute atomic E-state index is 0.443. The fourth-order valence-corrected chi connectivity index (χ4v) is 2.77. The van der Waals surface area contributed by atoms with E-state index in [4.69, 9.17) is 5.73 Å². The molecule has 0 aliphatic heterocycles. The summed E-state index contributed by atoms with van der Waals surface area (Å²) in [6.45, 7) is 3.21. The Morgan fingerprint density at radius 3 is 2.59 bits per heavy atom. The quantitative estimate of drug-likeness (QED) is 0.868. The summed E-state index contributed by atoms with van der Waals surface area (Å²) in [5, 5.41) is 0. The second kappa shape index (κ2) is 5.65. The lowest BCUT2D eigenvalue weighted by atomic mass is 9.91. The molecule has 1 aromatic rings. The van der Waals surface area contributed by atoms with Crippen LogP contribution in [0.4, 0.5) is 0 Å². The molecule has 0 radical (unpaired) electrons. The molecule has 17 heavy (non-hydrogen) atoms. The molecular weight excluding hydrogens is 208 g/mol. The van der Waals surface area contributed by atoms with Crippen molar-refractivity contribution in [2.24, 2.45) is 5.73 Å². The van der Waals surface area contributed by atoms with Crippen LogP contribution in [0.1, 0.15) is 36.8 Å². The van der Waals surface area contributed by atoms with E-state index in [-0.39, 0.29) is 0 Å². The molecule has 94 valence electrons. The maximum absolute atomic E-state index is 5.95. The number of nitrogens with zero attached hydrogens (tertiary/aromatic N) is 1. The molecule has 1 aromatic carbocycles. The van der Waals surface area contributed by atoms with Crippen molar-refractivity contribution < 1.29 is 0 Å². The zero-order valence-corrected chi connectivity index (χ0v) is 11.0. The van der Waals surface area contributed by atoms with Crippen LogP contribution < -0.4 is 5.73 Å². The summed E-state index contributed by atoms with van der Waals surface area (Å²) in [6, 6.07) is 9.97. The Morgan fingerprint density at radius 2 is 1.94 bits per heavy atom. The van der Waals surface area contributed by atoms with Gasteiger partial charge in [-0.25, -0.2) is 0 Å². The van der Waals surface area contributed by atoms with Gasteiger partial charge in [-0.15, -0.1) is 0 Å². The van der Waals surface area contributed by atoms with Gasteiger partial charge in [-0.2, -0.15) is 0 Å². The van der Waals surface area contributed by atoms with Crippen molar-refractivity contribution in [3.8, 4) is 0 Å². The molecule has 0 spiro atoms. The van der Waals surface area contributed by atoms with Crippen LogP contribution in [-0.4, -0.2) is 24.0 Å². The van der Waals surface area contributed by atoms with Gasteiger partial charge in [0.2, 0.25) is 0 Å². The fraction of sp³-hybridized carbons (Fsp3) is 0.600. The van der Waals surface area contributed by atoms with E-state index in [1.807, 2.05) is 0 Å². The molecule has 2 rings (SSSR count). The van der Waals surface area contributed by atoms with Gasteiger partial charge in [0, 0.05) is 18.6 Å². The van der Waals surface area contributed by atoms with Crippen molar-refractivity contribution in [3.63, 3.8) is 0 Å². The summed E-state index contributed by atoms with van der Waals surface area (Å²) in [4.78, 5) is 2.49. The van der Waals surface area contributed by atoms with Crippen molar-refractivity contribution in [1.82, 2.24) is 4.90 Å². The highest BCUT2D eigenvalue weighted by Gasteiger charge is 2.21. The second-order valence-electron chi connectivity index (χ2n) is 5.47. The molecule has 0 aromatic heterocycles. The Balaban J connectivity index is 1.90. The zero-order valence-electron chi connectivity index (χ0n) is 11.0. The fourth-order valence-electron chi connectivity index (χ4n) is 2.77. The number of aryl methyl sites for hydroxylation is 1. The molecule has 0 unspecified atom stereocenters. The van der Waals surface area contributed by atoms with Crippen LogP contribution in [0, 0.1) is 6.92 Å². The van der Waals surface area contributed by atoms with E-state index in [1.165, 1.54) is 36.8 Å². The average molecular weight is 232 g/mol. The number of benzene rings is 1. The van der Waals surface area contributed by atoms with Gasteiger partial charge in [0.25, 0.3) is 0 Å². The van der Waals surface area contributed by atoms with E-state index in [0.717, 1.165) is 12.6 Å². The third kappa shape index (κ3) is 3.55. The molecular formula is C15H24N2. The minimum Gasteiger partial charge on any atom is -0.328 e. The van der Waals surface area contributed by atoms with Gasteiger partial charge in [-0.1, -0.05) is 29.8 Å². The van der Waals surface area contributed by atoms with Gasteiger partial charge in [0.05, 0.1) is 0 Å². The Labute approximate surface area is 105 Å². The standard InChI is InChI=1S/C15H24N2/c1-12-4-3-5-13(10-12)11-17(2)15-8-6-14(16)7-9-15/h3-5,10,14-15H,6-9,11,16H2,1-2H3. The first-order chi connectivity index (χ1) is 8.15. The monoisotopic (exact) mass is 232 g/mol. The molecule has 1 fully saturated rings. The van der Waals surface area contributed by atoms with Gasteiger partial charge < -0.3 is 5.73 Å². The van der Waals surface area contributed by atoms with Gasteiger partial charge in [-0.3, -0.25) is 4.90 Å². The Kier molecular flexibility index (Phi) is 4.19. The SMILES string of the molecule is Cc1cccc(CN(C)C2CCC(N)CC2)c1. The molecule has 0 amide bonds. The van der Waals surface area contributed by atoms with E-state index < -0.39 is 0 Å². The predicted molar refractivity (Wildman–Crippen MR) is 72.9 cm³/mol. The van der Waals surface area contributed by atoms with Gasteiger partial charge in [0.1, 0.15) is 0 Å². The Bertz CT molecular complexity index is 354. The number of nitrogens with two attached hydrogens (primary N) is 1. The number of hydrogen-bond donors (Lipinski definition) is 1. The first-order valence-corrected chi connectivity index (χ1v) is 6.66. The first-order valence-electron chi connectivity index (χ1n) is 6.66. The molecule has 1 aliphatic carbocycles. The molecule has 0 atom stereocenters. The highest BCUT2D eigenvalue weighted by Crippen LogP contribution is 2.22. The third-order valence-electron chi connectivity index (χ3n) is 3.88. The first kappa shape index (κ1) is 12.6.